The first kappa shape index (κ1) is 21.6. The molecule has 2 saturated heterocycles. The van der Waals surface area contributed by atoms with Gasteiger partial charge in [0.25, 0.3) is 0 Å². The van der Waals surface area contributed by atoms with E-state index in [1.807, 2.05) is 9.80 Å². The fourth-order valence-electron chi connectivity index (χ4n) is 3.99. The lowest BCUT2D eigenvalue weighted by Crippen LogP contribution is -2.51. The molecule has 2 aromatic rings. The van der Waals surface area contributed by atoms with Gasteiger partial charge < -0.3 is 15.2 Å². The van der Waals surface area contributed by atoms with E-state index in [2.05, 4.69) is 20.2 Å². The van der Waals surface area contributed by atoms with Crippen LogP contribution in [0.1, 0.15) is 18.7 Å². The second-order valence-corrected chi connectivity index (χ2v) is 8.00. The maximum atomic E-state index is 12.8. The molecule has 2 amide bonds. The van der Waals surface area contributed by atoms with Gasteiger partial charge in [-0.25, -0.2) is 4.98 Å². The van der Waals surface area contributed by atoms with Crippen LogP contribution < -0.4 is 5.32 Å². The predicted molar refractivity (Wildman–Crippen MR) is 108 cm³/mol. The summed E-state index contributed by atoms with van der Waals surface area (Å²) in [5, 5.41) is 2.73. The topological polar surface area (TPSA) is 84.6 Å². The van der Waals surface area contributed by atoms with Crippen LogP contribution in [0.4, 0.5) is 18.9 Å². The molecular formula is C20H25F3N6O2. The van der Waals surface area contributed by atoms with Crippen LogP contribution in [0, 0.1) is 0 Å². The number of carbonyl (C=O) groups is 2. The number of fused-ring (bicyclic) bond motifs is 1. The van der Waals surface area contributed by atoms with E-state index in [1.54, 1.807) is 0 Å². The molecule has 0 bridgehead atoms. The fourth-order valence-corrected chi connectivity index (χ4v) is 3.99. The first-order valence-corrected chi connectivity index (χ1v) is 10.4. The van der Waals surface area contributed by atoms with E-state index in [1.165, 1.54) is 18.2 Å². The highest BCUT2D eigenvalue weighted by molar-refractivity contribution is 5.94. The zero-order valence-electron chi connectivity index (χ0n) is 17.0. The minimum absolute atomic E-state index is 0.173. The second kappa shape index (κ2) is 8.83. The summed E-state index contributed by atoms with van der Waals surface area (Å²) < 4.78 is 38.3. The predicted octanol–water partition coefficient (Wildman–Crippen LogP) is 1.76. The van der Waals surface area contributed by atoms with Crippen LogP contribution in [0.2, 0.25) is 0 Å². The number of aromatic amines is 1. The molecule has 0 aliphatic carbocycles. The van der Waals surface area contributed by atoms with Crippen LogP contribution in [0.25, 0.3) is 11.0 Å². The Morgan fingerprint density at radius 1 is 1.00 bits per heavy atom. The summed E-state index contributed by atoms with van der Waals surface area (Å²) in [4.78, 5) is 36.4. The Balaban J connectivity index is 1.25. The Hall–Kier alpha value is -2.66. The molecule has 1 aromatic carbocycles. The molecule has 0 radical (unpaired) electrons. The number of alkyl halides is 3. The molecule has 2 aliphatic heterocycles. The molecule has 1 aromatic heterocycles. The summed E-state index contributed by atoms with van der Waals surface area (Å²) in [6.07, 6.45) is -2.40. The van der Waals surface area contributed by atoms with Crippen molar-refractivity contribution in [1.29, 1.82) is 0 Å². The number of rotatable bonds is 5. The molecule has 2 N–H and O–H groups in total. The van der Waals surface area contributed by atoms with Crippen molar-refractivity contribution in [1.82, 2.24) is 24.7 Å². The standard InChI is InChI=1S/C20H25F3N6O2/c21-20(22,23)19-25-15-4-3-14(11-16(15)26-19)24-17(30)12-27-7-9-28(10-8-27)13-18(31)29-5-1-2-6-29/h3-4,11H,1-2,5-10,12-13H2,(H,24,30)(H,25,26). The van der Waals surface area contributed by atoms with Gasteiger partial charge in [0.15, 0.2) is 0 Å². The number of benzene rings is 1. The molecule has 2 fully saturated rings. The van der Waals surface area contributed by atoms with E-state index in [0.29, 0.717) is 38.4 Å². The SMILES string of the molecule is O=C(CN1CCN(CC(=O)N2CCCC2)CC1)Nc1ccc2nc(C(F)(F)F)[nH]c2c1. The average molecular weight is 438 g/mol. The smallest absolute Gasteiger partial charge is 0.342 e. The van der Waals surface area contributed by atoms with E-state index in [4.69, 9.17) is 0 Å². The molecule has 4 rings (SSSR count). The van der Waals surface area contributed by atoms with E-state index >= 15 is 0 Å². The van der Waals surface area contributed by atoms with Crippen LogP contribution in [-0.4, -0.2) is 88.8 Å². The summed E-state index contributed by atoms with van der Waals surface area (Å²) in [6.45, 7) is 5.08. The van der Waals surface area contributed by atoms with Gasteiger partial charge in [-0.05, 0) is 31.0 Å². The lowest BCUT2D eigenvalue weighted by molar-refractivity contribution is -0.144. The molecule has 11 heteroatoms. The van der Waals surface area contributed by atoms with Gasteiger partial charge in [0.1, 0.15) is 0 Å². The van der Waals surface area contributed by atoms with Gasteiger partial charge in [-0.1, -0.05) is 0 Å². The summed E-state index contributed by atoms with van der Waals surface area (Å²) in [5.41, 5.74) is 0.802. The molecule has 168 valence electrons. The monoisotopic (exact) mass is 438 g/mol. The van der Waals surface area contributed by atoms with Crippen molar-refractivity contribution >= 4 is 28.5 Å². The summed E-state index contributed by atoms with van der Waals surface area (Å²) in [7, 11) is 0. The minimum atomic E-state index is -4.55. The third-order valence-corrected chi connectivity index (χ3v) is 5.68. The molecular weight excluding hydrogens is 413 g/mol. The number of piperazine rings is 1. The number of anilines is 1. The lowest BCUT2D eigenvalue weighted by atomic mass is 10.2. The summed E-state index contributed by atoms with van der Waals surface area (Å²) >= 11 is 0. The van der Waals surface area contributed by atoms with Crippen molar-refractivity contribution in [2.75, 3.05) is 57.7 Å². The van der Waals surface area contributed by atoms with Gasteiger partial charge in [-0.2, -0.15) is 13.2 Å². The number of amides is 2. The molecule has 31 heavy (non-hydrogen) atoms. The zero-order valence-corrected chi connectivity index (χ0v) is 17.0. The van der Waals surface area contributed by atoms with Crippen LogP contribution in [-0.2, 0) is 15.8 Å². The maximum Gasteiger partial charge on any atom is 0.449 e. The van der Waals surface area contributed by atoms with E-state index in [0.717, 1.165) is 25.9 Å². The average Bonchev–Trinajstić information content (AvgIpc) is 3.38. The van der Waals surface area contributed by atoms with Crippen molar-refractivity contribution < 1.29 is 22.8 Å². The van der Waals surface area contributed by atoms with Gasteiger partial charge >= 0.3 is 6.18 Å². The van der Waals surface area contributed by atoms with E-state index in [9.17, 15) is 22.8 Å². The molecule has 3 heterocycles. The number of nitrogens with one attached hydrogen (secondary N) is 2. The van der Waals surface area contributed by atoms with Crippen molar-refractivity contribution in [2.45, 2.75) is 19.0 Å². The highest BCUT2D eigenvalue weighted by Crippen LogP contribution is 2.29. The van der Waals surface area contributed by atoms with Gasteiger partial charge in [0.2, 0.25) is 17.6 Å². The highest BCUT2D eigenvalue weighted by atomic mass is 19.4. The van der Waals surface area contributed by atoms with Crippen LogP contribution in [0.15, 0.2) is 18.2 Å². The number of halogens is 3. The largest absolute Gasteiger partial charge is 0.449 e. The van der Waals surface area contributed by atoms with Crippen LogP contribution in [0.3, 0.4) is 0 Å². The number of nitrogens with zero attached hydrogens (tertiary/aromatic N) is 4. The highest BCUT2D eigenvalue weighted by Gasteiger charge is 2.34. The lowest BCUT2D eigenvalue weighted by Gasteiger charge is -2.34. The molecule has 2 aliphatic rings. The van der Waals surface area contributed by atoms with Crippen molar-refractivity contribution in [3.63, 3.8) is 0 Å². The van der Waals surface area contributed by atoms with Crippen molar-refractivity contribution in [2.24, 2.45) is 0 Å². The van der Waals surface area contributed by atoms with E-state index < -0.39 is 12.0 Å². The Morgan fingerprint density at radius 3 is 2.29 bits per heavy atom. The Morgan fingerprint density at radius 2 is 1.65 bits per heavy atom. The van der Waals surface area contributed by atoms with Gasteiger partial charge in [0, 0.05) is 45.0 Å². The number of aromatic nitrogens is 2. The number of likely N-dealkylation sites (tertiary alicyclic amines) is 1. The zero-order chi connectivity index (χ0) is 22.0. The van der Waals surface area contributed by atoms with Gasteiger partial charge in [0.05, 0.1) is 24.1 Å². The number of carbonyl (C=O) groups excluding carboxylic acids is 2. The first-order chi connectivity index (χ1) is 14.8. The van der Waals surface area contributed by atoms with Crippen molar-refractivity contribution in [3.8, 4) is 0 Å². The molecule has 8 nitrogen and oxygen atoms in total. The minimum Gasteiger partial charge on any atom is -0.342 e. The quantitative estimate of drug-likeness (QED) is 0.743. The van der Waals surface area contributed by atoms with Crippen LogP contribution >= 0.6 is 0 Å². The maximum absolute atomic E-state index is 12.8. The molecule has 0 spiro atoms. The third-order valence-electron chi connectivity index (χ3n) is 5.68. The third kappa shape index (κ3) is 5.34. The first-order valence-electron chi connectivity index (χ1n) is 10.4. The Bertz CT molecular complexity index is 946. The Kier molecular flexibility index (Phi) is 6.15. The second-order valence-electron chi connectivity index (χ2n) is 8.00. The summed E-state index contributed by atoms with van der Waals surface area (Å²) in [5.74, 6) is -1.13. The molecule has 0 saturated carbocycles. The number of hydrogen-bond donors (Lipinski definition) is 2. The number of H-pyrrole nitrogens is 1. The Labute approximate surface area is 177 Å². The van der Waals surface area contributed by atoms with Gasteiger partial charge in [-0.15, -0.1) is 0 Å². The van der Waals surface area contributed by atoms with Crippen molar-refractivity contribution in [3.05, 3.63) is 24.0 Å². The fraction of sp³-hybridized carbons (Fsp3) is 0.550. The van der Waals surface area contributed by atoms with Gasteiger partial charge in [-0.3, -0.25) is 19.4 Å². The van der Waals surface area contributed by atoms with E-state index in [-0.39, 0.29) is 29.4 Å². The normalized spacial score (nSPS) is 18.6. The summed E-state index contributed by atoms with van der Waals surface area (Å²) in [6, 6.07) is 4.41. The molecule has 0 unspecified atom stereocenters. The van der Waals surface area contributed by atoms with Crippen LogP contribution in [0.5, 0.6) is 0 Å². The molecule has 0 atom stereocenters. The number of imidazole rings is 1. The number of hydrogen-bond acceptors (Lipinski definition) is 5.